The molecule has 14 heavy (non-hydrogen) atoms. The second-order valence-corrected chi connectivity index (χ2v) is 3.47. The highest BCUT2D eigenvalue weighted by molar-refractivity contribution is 5.66. The van der Waals surface area contributed by atoms with E-state index in [4.69, 9.17) is 5.11 Å². The molecular formula is C8H12F3NO2. The highest BCUT2D eigenvalue weighted by atomic mass is 19.4. The summed E-state index contributed by atoms with van der Waals surface area (Å²) in [6.45, 7) is 0. The fraction of sp³-hybridized carbons (Fsp3) is 0.875. The van der Waals surface area contributed by atoms with Gasteiger partial charge in [0.2, 0.25) is 0 Å². The minimum atomic E-state index is -4.21. The topological polar surface area (TPSA) is 49.3 Å². The van der Waals surface area contributed by atoms with E-state index < -0.39 is 18.2 Å². The van der Waals surface area contributed by atoms with Crippen molar-refractivity contribution in [1.29, 1.82) is 0 Å². The van der Waals surface area contributed by atoms with Crippen molar-refractivity contribution in [3.05, 3.63) is 0 Å². The van der Waals surface area contributed by atoms with Gasteiger partial charge in [-0.05, 0) is 19.3 Å². The second kappa shape index (κ2) is 4.16. The predicted molar refractivity (Wildman–Crippen MR) is 42.9 cm³/mol. The summed E-state index contributed by atoms with van der Waals surface area (Å²) in [6, 6.07) is -1.76. The first kappa shape index (κ1) is 11.3. The van der Waals surface area contributed by atoms with Crippen molar-refractivity contribution >= 4 is 5.97 Å². The van der Waals surface area contributed by atoms with Crippen LogP contribution in [0.2, 0.25) is 0 Å². The Hall–Kier alpha value is -0.780. The fourth-order valence-corrected chi connectivity index (χ4v) is 1.60. The summed E-state index contributed by atoms with van der Waals surface area (Å²) in [6.07, 6.45) is -3.58. The molecule has 3 nitrogen and oxygen atoms in total. The van der Waals surface area contributed by atoms with Crippen molar-refractivity contribution in [3.8, 4) is 0 Å². The minimum absolute atomic E-state index is 0.0494. The number of carbonyl (C=O) groups is 1. The average molecular weight is 211 g/mol. The molecule has 0 radical (unpaired) electrons. The van der Waals surface area contributed by atoms with Gasteiger partial charge in [0.15, 0.2) is 0 Å². The number of rotatable bonds is 3. The lowest BCUT2D eigenvalue weighted by Crippen LogP contribution is -2.40. The molecule has 0 unspecified atom stereocenters. The minimum Gasteiger partial charge on any atom is -0.481 e. The number of aliphatic carboxylic acids is 1. The van der Waals surface area contributed by atoms with Crippen molar-refractivity contribution in [2.24, 2.45) is 0 Å². The number of halogens is 3. The predicted octanol–water partition coefficient (Wildman–Crippen LogP) is 1.53. The lowest BCUT2D eigenvalue weighted by Gasteiger charge is -2.16. The Balaban J connectivity index is 2.31. The molecule has 82 valence electrons. The van der Waals surface area contributed by atoms with Crippen LogP contribution in [0.4, 0.5) is 13.2 Å². The van der Waals surface area contributed by atoms with Gasteiger partial charge >= 0.3 is 12.1 Å². The first-order chi connectivity index (χ1) is 6.39. The zero-order valence-electron chi connectivity index (χ0n) is 7.47. The van der Waals surface area contributed by atoms with Gasteiger partial charge in [0, 0.05) is 12.5 Å². The summed E-state index contributed by atoms with van der Waals surface area (Å²) in [4.78, 5) is 10.2. The van der Waals surface area contributed by atoms with Gasteiger partial charge in [0.05, 0.1) is 0 Å². The van der Waals surface area contributed by atoms with Crippen LogP contribution < -0.4 is 5.32 Å². The Morgan fingerprint density at radius 2 is 2.07 bits per heavy atom. The van der Waals surface area contributed by atoms with Crippen molar-refractivity contribution < 1.29 is 23.1 Å². The van der Waals surface area contributed by atoms with Crippen LogP contribution in [0.1, 0.15) is 25.7 Å². The van der Waals surface area contributed by atoms with E-state index >= 15 is 0 Å². The fourth-order valence-electron chi connectivity index (χ4n) is 1.60. The summed E-state index contributed by atoms with van der Waals surface area (Å²) in [7, 11) is 0. The Bertz CT molecular complexity index is 217. The standard InChI is InChI=1S/C8H12F3NO2/c9-8(10,11)6-3-1-5(12-6)2-4-7(13)14/h5-6,12H,1-4H2,(H,13,14)/t5-,6+/m1/s1. The number of carboxylic acid groups (broad SMARTS) is 1. The number of nitrogens with one attached hydrogen (secondary N) is 1. The molecule has 1 aliphatic rings. The number of carboxylic acids is 1. The van der Waals surface area contributed by atoms with Gasteiger partial charge in [0.25, 0.3) is 0 Å². The SMILES string of the molecule is O=C(O)CC[C@H]1CC[C@@H](C(F)(F)F)N1. The zero-order valence-corrected chi connectivity index (χ0v) is 7.47. The smallest absolute Gasteiger partial charge is 0.403 e. The molecule has 2 N–H and O–H groups in total. The Morgan fingerprint density at radius 3 is 2.50 bits per heavy atom. The monoisotopic (exact) mass is 211 g/mol. The lowest BCUT2D eigenvalue weighted by atomic mass is 10.1. The number of alkyl halides is 3. The molecular weight excluding hydrogens is 199 g/mol. The molecule has 1 fully saturated rings. The van der Waals surface area contributed by atoms with Gasteiger partial charge in [-0.3, -0.25) is 4.79 Å². The van der Waals surface area contributed by atoms with Crippen LogP contribution in [0.5, 0.6) is 0 Å². The van der Waals surface area contributed by atoms with Gasteiger partial charge in [0.1, 0.15) is 6.04 Å². The van der Waals surface area contributed by atoms with E-state index in [2.05, 4.69) is 5.32 Å². The van der Waals surface area contributed by atoms with Crippen LogP contribution in [0, 0.1) is 0 Å². The van der Waals surface area contributed by atoms with E-state index in [9.17, 15) is 18.0 Å². The summed E-state index contributed by atoms with van der Waals surface area (Å²) < 4.78 is 36.5. The average Bonchev–Trinajstić information content (AvgIpc) is 2.47. The Labute approximate surface area is 79.3 Å². The Morgan fingerprint density at radius 1 is 1.43 bits per heavy atom. The van der Waals surface area contributed by atoms with E-state index in [0.29, 0.717) is 6.42 Å². The van der Waals surface area contributed by atoms with E-state index in [1.54, 1.807) is 0 Å². The highest BCUT2D eigenvalue weighted by Crippen LogP contribution is 2.29. The van der Waals surface area contributed by atoms with Crippen molar-refractivity contribution in [2.75, 3.05) is 0 Å². The molecule has 0 aliphatic carbocycles. The maximum Gasteiger partial charge on any atom is 0.403 e. The highest BCUT2D eigenvalue weighted by Gasteiger charge is 2.43. The third kappa shape index (κ3) is 3.17. The molecule has 0 spiro atoms. The molecule has 1 rings (SSSR count). The summed E-state index contributed by atoms with van der Waals surface area (Å²) in [5.41, 5.74) is 0. The van der Waals surface area contributed by atoms with Gasteiger partial charge < -0.3 is 10.4 Å². The molecule has 6 heteroatoms. The largest absolute Gasteiger partial charge is 0.481 e. The molecule has 2 atom stereocenters. The molecule has 1 aliphatic heterocycles. The second-order valence-electron chi connectivity index (χ2n) is 3.47. The van der Waals surface area contributed by atoms with Crippen LogP contribution >= 0.6 is 0 Å². The Kier molecular flexibility index (Phi) is 3.36. The van der Waals surface area contributed by atoms with Gasteiger partial charge in [-0.1, -0.05) is 0 Å². The molecule has 0 aromatic carbocycles. The summed E-state index contributed by atoms with van der Waals surface area (Å²) >= 11 is 0. The number of hydrogen-bond acceptors (Lipinski definition) is 2. The summed E-state index contributed by atoms with van der Waals surface area (Å²) in [5.74, 6) is -0.970. The van der Waals surface area contributed by atoms with Crippen molar-refractivity contribution in [1.82, 2.24) is 5.32 Å². The van der Waals surface area contributed by atoms with Crippen LogP contribution in [0.3, 0.4) is 0 Å². The third-order valence-corrected chi connectivity index (χ3v) is 2.34. The van der Waals surface area contributed by atoms with E-state index in [1.807, 2.05) is 0 Å². The van der Waals surface area contributed by atoms with Gasteiger partial charge in [-0.25, -0.2) is 0 Å². The molecule has 0 aromatic rings. The first-order valence-corrected chi connectivity index (χ1v) is 4.44. The normalized spacial score (nSPS) is 27.9. The van der Waals surface area contributed by atoms with Crippen molar-refractivity contribution in [2.45, 2.75) is 43.9 Å². The maximum atomic E-state index is 12.2. The lowest BCUT2D eigenvalue weighted by molar-refractivity contribution is -0.152. The maximum absolute atomic E-state index is 12.2. The van der Waals surface area contributed by atoms with E-state index in [1.165, 1.54) is 0 Å². The van der Waals surface area contributed by atoms with Crippen LogP contribution in [0.25, 0.3) is 0 Å². The summed E-state index contributed by atoms with van der Waals surface area (Å²) in [5, 5.41) is 10.7. The molecule has 1 saturated heterocycles. The van der Waals surface area contributed by atoms with E-state index in [0.717, 1.165) is 0 Å². The van der Waals surface area contributed by atoms with E-state index in [-0.39, 0.29) is 25.3 Å². The van der Waals surface area contributed by atoms with Gasteiger partial charge in [-0.15, -0.1) is 0 Å². The first-order valence-electron chi connectivity index (χ1n) is 4.44. The molecule has 0 saturated carbocycles. The molecule has 0 bridgehead atoms. The molecule has 0 aromatic heterocycles. The van der Waals surface area contributed by atoms with Crippen LogP contribution in [-0.4, -0.2) is 29.3 Å². The van der Waals surface area contributed by atoms with Gasteiger partial charge in [-0.2, -0.15) is 13.2 Å². The van der Waals surface area contributed by atoms with Crippen LogP contribution in [0.15, 0.2) is 0 Å². The molecule has 1 heterocycles. The number of hydrogen-bond donors (Lipinski definition) is 2. The quantitative estimate of drug-likeness (QED) is 0.744. The van der Waals surface area contributed by atoms with Crippen LogP contribution in [-0.2, 0) is 4.79 Å². The van der Waals surface area contributed by atoms with Crippen molar-refractivity contribution in [3.63, 3.8) is 0 Å². The molecule has 0 amide bonds. The third-order valence-electron chi connectivity index (χ3n) is 2.34. The zero-order chi connectivity index (χ0) is 10.8.